The molecule has 6 nitrogen and oxygen atoms in total. The van der Waals surface area contributed by atoms with Crippen molar-refractivity contribution in [2.75, 3.05) is 6.61 Å². The number of halogens is 1. The summed E-state index contributed by atoms with van der Waals surface area (Å²) in [5.74, 6) is -0.610. The van der Waals surface area contributed by atoms with Gasteiger partial charge in [0, 0.05) is 32.7 Å². The quantitative estimate of drug-likeness (QED) is 0.321. The molecule has 0 atom stereocenters. The van der Waals surface area contributed by atoms with Crippen LogP contribution in [0.3, 0.4) is 0 Å². The Hall–Kier alpha value is -3.19. The lowest BCUT2D eigenvalue weighted by Gasteiger charge is -2.10. The van der Waals surface area contributed by atoms with Gasteiger partial charge in [0.1, 0.15) is 0 Å². The number of aryl methyl sites for hydroxylation is 1. The lowest BCUT2D eigenvalue weighted by atomic mass is 10.2. The third kappa shape index (κ3) is 4.86. The van der Waals surface area contributed by atoms with Gasteiger partial charge in [-0.3, -0.25) is 4.79 Å². The highest BCUT2D eigenvalue weighted by atomic mass is 79.9. The van der Waals surface area contributed by atoms with Crippen molar-refractivity contribution < 1.29 is 14.3 Å². The average Bonchev–Trinajstić information content (AvgIpc) is 3.02. The van der Waals surface area contributed by atoms with Crippen molar-refractivity contribution in [2.24, 2.45) is 5.10 Å². The monoisotopic (exact) mass is 467 g/mol. The number of esters is 1. The first-order chi connectivity index (χ1) is 14.4. The number of ether oxygens (including phenoxy) is 1. The van der Waals surface area contributed by atoms with E-state index in [0.29, 0.717) is 17.7 Å². The second-order valence-electron chi connectivity index (χ2n) is 6.64. The molecule has 0 aliphatic rings. The van der Waals surface area contributed by atoms with E-state index in [1.54, 1.807) is 49.5 Å². The number of aromatic nitrogens is 1. The van der Waals surface area contributed by atoms with Gasteiger partial charge in [-0.05, 0) is 75.4 Å². The molecule has 0 aliphatic carbocycles. The number of nitrogens with one attached hydrogen (secondary N) is 1. The summed E-state index contributed by atoms with van der Waals surface area (Å²) in [6, 6.07) is 16.3. The zero-order valence-electron chi connectivity index (χ0n) is 17.0. The van der Waals surface area contributed by atoms with E-state index in [1.807, 2.05) is 32.0 Å². The third-order valence-corrected chi connectivity index (χ3v) is 5.11. The molecule has 0 bridgehead atoms. The van der Waals surface area contributed by atoms with Gasteiger partial charge >= 0.3 is 5.97 Å². The minimum absolute atomic E-state index is 0.276. The zero-order valence-corrected chi connectivity index (χ0v) is 18.6. The summed E-state index contributed by atoms with van der Waals surface area (Å²) in [4.78, 5) is 24.0. The van der Waals surface area contributed by atoms with Crippen LogP contribution in [0.4, 0.5) is 0 Å². The minimum atomic E-state index is -0.334. The van der Waals surface area contributed by atoms with Gasteiger partial charge in [0.25, 0.3) is 5.91 Å². The number of hydrogen-bond donors (Lipinski definition) is 1. The van der Waals surface area contributed by atoms with Gasteiger partial charge in [-0.25, -0.2) is 10.2 Å². The molecule has 7 heteroatoms. The molecule has 1 heterocycles. The van der Waals surface area contributed by atoms with E-state index < -0.39 is 0 Å². The van der Waals surface area contributed by atoms with Gasteiger partial charge in [0.15, 0.2) is 0 Å². The van der Waals surface area contributed by atoms with Gasteiger partial charge in [-0.15, -0.1) is 0 Å². The maximum Gasteiger partial charge on any atom is 0.338 e. The van der Waals surface area contributed by atoms with Gasteiger partial charge in [-0.2, -0.15) is 5.10 Å². The largest absolute Gasteiger partial charge is 0.462 e. The van der Waals surface area contributed by atoms with E-state index in [2.05, 4.69) is 31.0 Å². The van der Waals surface area contributed by atoms with Crippen molar-refractivity contribution in [2.45, 2.75) is 20.8 Å². The number of hydrogen-bond acceptors (Lipinski definition) is 4. The summed E-state index contributed by atoms with van der Waals surface area (Å²) in [6.07, 6.45) is 1.63. The molecule has 0 saturated heterocycles. The van der Waals surface area contributed by atoms with E-state index in [1.165, 1.54) is 0 Å². The summed E-state index contributed by atoms with van der Waals surface area (Å²) in [6.45, 7) is 6.09. The Morgan fingerprint density at radius 1 is 1.07 bits per heavy atom. The first-order valence-corrected chi connectivity index (χ1v) is 10.3. The Morgan fingerprint density at radius 2 is 1.70 bits per heavy atom. The summed E-state index contributed by atoms with van der Waals surface area (Å²) in [5.41, 5.74) is 7.39. The molecular weight excluding hydrogens is 446 g/mol. The summed E-state index contributed by atoms with van der Waals surface area (Å²) < 4.78 is 8.00. The third-order valence-electron chi connectivity index (χ3n) is 4.58. The minimum Gasteiger partial charge on any atom is -0.462 e. The molecule has 0 unspecified atom stereocenters. The van der Waals surface area contributed by atoms with E-state index in [-0.39, 0.29) is 11.9 Å². The Morgan fingerprint density at radius 3 is 2.33 bits per heavy atom. The Bertz CT molecular complexity index is 1080. The molecule has 1 aromatic heterocycles. The molecular formula is C23H22BrN3O3. The first-order valence-electron chi connectivity index (χ1n) is 9.46. The molecule has 0 fully saturated rings. The molecule has 30 heavy (non-hydrogen) atoms. The molecule has 0 saturated carbocycles. The molecule has 3 aromatic rings. The number of carbonyl (C=O) groups excluding carboxylic acids is 2. The number of benzene rings is 2. The second-order valence-corrected chi connectivity index (χ2v) is 7.55. The van der Waals surface area contributed by atoms with Crippen LogP contribution in [-0.2, 0) is 4.74 Å². The van der Waals surface area contributed by atoms with Crippen LogP contribution in [0.1, 0.15) is 44.6 Å². The Labute approximate surface area is 183 Å². The summed E-state index contributed by atoms with van der Waals surface area (Å²) >= 11 is 3.35. The van der Waals surface area contributed by atoms with Gasteiger partial charge in [-0.1, -0.05) is 15.9 Å². The topological polar surface area (TPSA) is 72.7 Å². The van der Waals surface area contributed by atoms with E-state index in [0.717, 1.165) is 27.1 Å². The molecule has 0 aliphatic heterocycles. The first kappa shape index (κ1) is 21.5. The maximum absolute atomic E-state index is 12.2. The van der Waals surface area contributed by atoms with Crippen LogP contribution in [-0.4, -0.2) is 29.3 Å². The lowest BCUT2D eigenvalue weighted by Crippen LogP contribution is -2.17. The normalized spacial score (nSPS) is 10.9. The second kappa shape index (κ2) is 9.54. The van der Waals surface area contributed by atoms with Crippen molar-refractivity contribution >= 4 is 34.0 Å². The number of nitrogens with zero attached hydrogens (tertiary/aromatic N) is 2. The molecule has 1 N–H and O–H groups in total. The van der Waals surface area contributed by atoms with Crippen LogP contribution < -0.4 is 5.43 Å². The maximum atomic E-state index is 12.2. The fraction of sp³-hybridized carbons (Fsp3) is 0.174. The predicted molar refractivity (Wildman–Crippen MR) is 120 cm³/mol. The van der Waals surface area contributed by atoms with Crippen LogP contribution in [0.2, 0.25) is 0 Å². The van der Waals surface area contributed by atoms with E-state index in [9.17, 15) is 9.59 Å². The van der Waals surface area contributed by atoms with E-state index in [4.69, 9.17) is 4.74 Å². The van der Waals surface area contributed by atoms with Crippen LogP contribution in [0.15, 0.2) is 64.2 Å². The highest BCUT2D eigenvalue weighted by Crippen LogP contribution is 2.20. The Balaban J connectivity index is 1.75. The number of hydrazone groups is 1. The SMILES string of the molecule is CCOC(=O)c1ccc(-n2c(C)cc(/C=N\NC(=O)c3ccc(Br)cc3)c2C)cc1. The van der Waals surface area contributed by atoms with Crippen molar-refractivity contribution in [3.05, 3.63) is 87.1 Å². The smallest absolute Gasteiger partial charge is 0.338 e. The van der Waals surface area contributed by atoms with Crippen LogP contribution in [0.25, 0.3) is 5.69 Å². The zero-order chi connectivity index (χ0) is 21.7. The van der Waals surface area contributed by atoms with Crippen molar-refractivity contribution in [3.63, 3.8) is 0 Å². The van der Waals surface area contributed by atoms with Crippen molar-refractivity contribution in [1.29, 1.82) is 0 Å². The van der Waals surface area contributed by atoms with Crippen LogP contribution in [0.5, 0.6) is 0 Å². The van der Waals surface area contributed by atoms with Gasteiger partial charge < -0.3 is 9.30 Å². The fourth-order valence-corrected chi connectivity index (χ4v) is 3.37. The predicted octanol–water partition coefficient (Wildman–Crippen LogP) is 4.80. The summed E-state index contributed by atoms with van der Waals surface area (Å²) in [7, 11) is 0. The molecule has 2 aromatic carbocycles. The van der Waals surface area contributed by atoms with Gasteiger partial charge in [0.2, 0.25) is 0 Å². The number of rotatable bonds is 6. The van der Waals surface area contributed by atoms with Crippen molar-refractivity contribution in [3.8, 4) is 5.69 Å². The van der Waals surface area contributed by atoms with Crippen LogP contribution >= 0.6 is 15.9 Å². The van der Waals surface area contributed by atoms with E-state index >= 15 is 0 Å². The highest BCUT2D eigenvalue weighted by Gasteiger charge is 2.11. The average molecular weight is 468 g/mol. The molecule has 3 rings (SSSR count). The molecule has 0 spiro atoms. The summed E-state index contributed by atoms with van der Waals surface area (Å²) in [5, 5.41) is 4.10. The van der Waals surface area contributed by atoms with Crippen molar-refractivity contribution in [1.82, 2.24) is 9.99 Å². The molecule has 154 valence electrons. The number of carbonyl (C=O) groups is 2. The molecule has 0 radical (unpaired) electrons. The van der Waals surface area contributed by atoms with Crippen LogP contribution in [0, 0.1) is 13.8 Å². The number of amides is 1. The Kier molecular flexibility index (Phi) is 6.84. The van der Waals surface area contributed by atoms with Gasteiger partial charge in [0.05, 0.1) is 18.4 Å². The highest BCUT2D eigenvalue weighted by molar-refractivity contribution is 9.10. The fourth-order valence-electron chi connectivity index (χ4n) is 3.10. The molecule has 1 amide bonds. The lowest BCUT2D eigenvalue weighted by molar-refractivity contribution is 0.0526. The standard InChI is InChI=1S/C23H22BrN3O3/c1-4-30-23(29)18-7-11-21(12-8-18)27-15(2)13-19(16(27)3)14-25-26-22(28)17-5-9-20(24)10-6-17/h5-14H,4H2,1-3H3,(H,26,28)/b25-14-.